The lowest BCUT2D eigenvalue weighted by Crippen LogP contribution is -2.36. The molecule has 0 unspecified atom stereocenters. The lowest BCUT2D eigenvalue weighted by Gasteiger charge is -2.19. The molecule has 0 bridgehead atoms. The van der Waals surface area contributed by atoms with Crippen molar-refractivity contribution < 1.29 is 23.9 Å². The van der Waals surface area contributed by atoms with Gasteiger partial charge in [0.1, 0.15) is 0 Å². The molecule has 1 atom stereocenters. The molecule has 0 aromatic heterocycles. The fraction of sp³-hybridized carbons (Fsp3) is 0.250. The van der Waals surface area contributed by atoms with Gasteiger partial charge in [-0.3, -0.25) is 25.2 Å². The summed E-state index contributed by atoms with van der Waals surface area (Å²) in [6.45, 7) is 3.90. The van der Waals surface area contributed by atoms with Crippen molar-refractivity contribution in [3.05, 3.63) is 77.9 Å². The van der Waals surface area contributed by atoms with Crippen LogP contribution in [0.5, 0.6) is 11.5 Å². The molecule has 192 valence electrons. The molecule has 3 aromatic rings. The largest absolute Gasteiger partial charge is 0.493 e. The molecule has 3 N–H and O–H groups in total. The van der Waals surface area contributed by atoms with E-state index in [1.165, 1.54) is 7.11 Å². The molecule has 9 nitrogen and oxygen atoms in total. The number of carbonyl (C=O) groups excluding carboxylic acids is 3. The fourth-order valence-electron chi connectivity index (χ4n) is 4.05. The van der Waals surface area contributed by atoms with Crippen LogP contribution in [0.1, 0.15) is 17.5 Å². The van der Waals surface area contributed by atoms with E-state index in [4.69, 9.17) is 9.47 Å². The number of para-hydroxylation sites is 2. The van der Waals surface area contributed by atoms with Crippen LogP contribution in [-0.4, -0.2) is 38.0 Å². The number of hydrazine groups is 1. The van der Waals surface area contributed by atoms with Crippen molar-refractivity contribution in [2.24, 2.45) is 5.92 Å². The van der Waals surface area contributed by atoms with Crippen molar-refractivity contribution in [1.29, 1.82) is 0 Å². The lowest BCUT2D eigenvalue weighted by atomic mass is 10.1. The third-order valence-corrected chi connectivity index (χ3v) is 6.13. The molecule has 0 aliphatic carbocycles. The average Bonchev–Trinajstić information content (AvgIpc) is 3.29. The maximum Gasteiger partial charge on any atom is 0.262 e. The summed E-state index contributed by atoms with van der Waals surface area (Å²) in [5, 5.41) is 2.82. The SMILES string of the molecule is COc1cccc(NNC(=O)[C@@H]2CC(=O)N(c3ccc(C)cc3)C2)c1OCC(=O)Nc1ccccc1C. The first-order valence-corrected chi connectivity index (χ1v) is 11.9. The Balaban J connectivity index is 1.37. The molecule has 0 saturated carbocycles. The van der Waals surface area contributed by atoms with E-state index >= 15 is 0 Å². The Bertz CT molecular complexity index is 1290. The Morgan fingerprint density at radius 2 is 1.70 bits per heavy atom. The second-order valence-corrected chi connectivity index (χ2v) is 8.84. The van der Waals surface area contributed by atoms with Crippen molar-refractivity contribution in [2.75, 3.05) is 35.9 Å². The number of carbonyl (C=O) groups is 3. The highest BCUT2D eigenvalue weighted by Gasteiger charge is 2.35. The van der Waals surface area contributed by atoms with Gasteiger partial charge in [0.25, 0.3) is 5.91 Å². The van der Waals surface area contributed by atoms with Crippen molar-refractivity contribution >= 4 is 34.8 Å². The van der Waals surface area contributed by atoms with Gasteiger partial charge in [-0.1, -0.05) is 42.0 Å². The van der Waals surface area contributed by atoms with Crippen LogP contribution in [0.25, 0.3) is 0 Å². The summed E-state index contributed by atoms with van der Waals surface area (Å²) in [5.41, 5.74) is 9.44. The second-order valence-electron chi connectivity index (χ2n) is 8.84. The molecule has 3 amide bonds. The van der Waals surface area contributed by atoms with Gasteiger partial charge in [-0.05, 0) is 49.7 Å². The second kappa shape index (κ2) is 11.5. The van der Waals surface area contributed by atoms with E-state index in [-0.39, 0.29) is 43.0 Å². The number of benzene rings is 3. The molecular weight excluding hydrogens is 472 g/mol. The highest BCUT2D eigenvalue weighted by Crippen LogP contribution is 2.35. The zero-order valence-electron chi connectivity index (χ0n) is 21.0. The van der Waals surface area contributed by atoms with Gasteiger partial charge < -0.3 is 19.7 Å². The number of rotatable bonds is 9. The number of ether oxygens (including phenoxy) is 2. The Hall–Kier alpha value is -4.53. The maximum absolute atomic E-state index is 12.9. The molecular formula is C28H30N4O5. The Morgan fingerprint density at radius 1 is 0.973 bits per heavy atom. The molecule has 9 heteroatoms. The zero-order chi connectivity index (χ0) is 26.4. The minimum absolute atomic E-state index is 0.103. The number of anilines is 3. The van der Waals surface area contributed by atoms with Crippen LogP contribution in [-0.2, 0) is 14.4 Å². The number of nitrogens with one attached hydrogen (secondary N) is 3. The van der Waals surface area contributed by atoms with E-state index in [0.717, 1.165) is 16.8 Å². The van der Waals surface area contributed by atoms with Crippen LogP contribution in [0.2, 0.25) is 0 Å². The zero-order valence-corrected chi connectivity index (χ0v) is 21.0. The predicted molar refractivity (Wildman–Crippen MR) is 142 cm³/mol. The number of nitrogens with zero attached hydrogens (tertiary/aromatic N) is 1. The van der Waals surface area contributed by atoms with Crippen LogP contribution < -0.4 is 30.5 Å². The number of amides is 3. The first-order valence-electron chi connectivity index (χ1n) is 11.9. The molecule has 1 fully saturated rings. The number of hydrogen-bond acceptors (Lipinski definition) is 6. The van der Waals surface area contributed by atoms with Gasteiger partial charge in [-0.25, -0.2) is 0 Å². The van der Waals surface area contributed by atoms with Gasteiger partial charge >= 0.3 is 0 Å². The highest BCUT2D eigenvalue weighted by molar-refractivity contribution is 6.00. The van der Waals surface area contributed by atoms with Crippen LogP contribution in [0.15, 0.2) is 66.7 Å². The minimum atomic E-state index is -0.517. The van der Waals surface area contributed by atoms with Crippen molar-refractivity contribution in [3.63, 3.8) is 0 Å². The number of methoxy groups -OCH3 is 1. The number of aryl methyl sites for hydroxylation is 2. The van der Waals surface area contributed by atoms with Crippen LogP contribution in [0.3, 0.4) is 0 Å². The van der Waals surface area contributed by atoms with Gasteiger partial charge in [-0.2, -0.15) is 0 Å². The normalized spacial score (nSPS) is 14.7. The molecule has 4 rings (SSSR count). The average molecular weight is 503 g/mol. The van der Waals surface area contributed by atoms with Crippen LogP contribution in [0.4, 0.5) is 17.1 Å². The molecule has 1 aliphatic heterocycles. The Labute approximate surface area is 215 Å². The van der Waals surface area contributed by atoms with Gasteiger partial charge in [0.05, 0.1) is 18.7 Å². The summed E-state index contributed by atoms with van der Waals surface area (Å²) in [6, 6.07) is 20.2. The van der Waals surface area contributed by atoms with Crippen LogP contribution >= 0.6 is 0 Å². The maximum atomic E-state index is 12.9. The highest BCUT2D eigenvalue weighted by atomic mass is 16.5. The third kappa shape index (κ3) is 6.19. The van der Waals surface area contributed by atoms with Crippen molar-refractivity contribution in [3.8, 4) is 11.5 Å². The van der Waals surface area contributed by atoms with Gasteiger partial charge in [0.2, 0.25) is 11.8 Å². The lowest BCUT2D eigenvalue weighted by molar-refractivity contribution is -0.125. The quantitative estimate of drug-likeness (QED) is 0.384. The Morgan fingerprint density at radius 3 is 2.43 bits per heavy atom. The summed E-state index contributed by atoms with van der Waals surface area (Å²) in [4.78, 5) is 39.5. The van der Waals surface area contributed by atoms with E-state index in [0.29, 0.717) is 17.1 Å². The van der Waals surface area contributed by atoms with Gasteiger partial charge in [0, 0.05) is 24.3 Å². The summed E-state index contributed by atoms with van der Waals surface area (Å²) >= 11 is 0. The van der Waals surface area contributed by atoms with Crippen molar-refractivity contribution in [1.82, 2.24) is 5.43 Å². The van der Waals surface area contributed by atoms with E-state index < -0.39 is 5.92 Å². The molecule has 37 heavy (non-hydrogen) atoms. The third-order valence-electron chi connectivity index (χ3n) is 6.13. The summed E-state index contributed by atoms with van der Waals surface area (Å²) in [7, 11) is 1.49. The molecule has 0 spiro atoms. The standard InChI is InChI=1S/C28H30N4O5/c1-18-11-13-21(14-12-18)32-16-20(15-26(32)34)28(35)31-30-23-9-6-10-24(36-3)27(23)37-17-25(33)29-22-8-5-4-7-19(22)2/h4-14,20,30H,15-17H2,1-3H3,(H,29,33)(H,31,35)/t20-/m1/s1. The first kappa shape index (κ1) is 25.6. The van der Waals surface area contributed by atoms with E-state index in [1.807, 2.05) is 62.4 Å². The van der Waals surface area contributed by atoms with Crippen molar-refractivity contribution in [2.45, 2.75) is 20.3 Å². The van der Waals surface area contributed by atoms with Crippen LogP contribution in [0, 0.1) is 19.8 Å². The first-order chi connectivity index (χ1) is 17.9. The summed E-state index contributed by atoms with van der Waals surface area (Å²) in [6.07, 6.45) is 0.113. The molecule has 1 heterocycles. The summed E-state index contributed by atoms with van der Waals surface area (Å²) < 4.78 is 11.2. The summed E-state index contributed by atoms with van der Waals surface area (Å²) in [5.74, 6) is -0.617. The molecule has 3 aromatic carbocycles. The Kier molecular flexibility index (Phi) is 7.92. The predicted octanol–water partition coefficient (Wildman–Crippen LogP) is 3.83. The minimum Gasteiger partial charge on any atom is -0.493 e. The monoisotopic (exact) mass is 502 g/mol. The molecule has 0 radical (unpaired) electrons. The van der Waals surface area contributed by atoms with E-state index in [1.54, 1.807) is 23.1 Å². The van der Waals surface area contributed by atoms with E-state index in [9.17, 15) is 14.4 Å². The van der Waals surface area contributed by atoms with E-state index in [2.05, 4.69) is 16.2 Å². The molecule has 1 aliphatic rings. The number of hydrogen-bond donors (Lipinski definition) is 3. The van der Waals surface area contributed by atoms with Gasteiger partial charge in [0.15, 0.2) is 18.1 Å². The molecule has 1 saturated heterocycles. The topological polar surface area (TPSA) is 109 Å². The smallest absolute Gasteiger partial charge is 0.262 e. The fourth-order valence-corrected chi connectivity index (χ4v) is 4.05. The van der Waals surface area contributed by atoms with Gasteiger partial charge in [-0.15, -0.1) is 0 Å².